The Labute approximate surface area is 122 Å². The minimum absolute atomic E-state index is 0.442. The number of nitrogens with zero attached hydrogens (tertiary/aromatic N) is 4. The smallest absolute Gasteiger partial charge is 0.139 e. The van der Waals surface area contributed by atoms with E-state index in [1.54, 1.807) is 28.7 Å². The number of aliphatic hydroxyl groups excluding tert-OH is 1. The molecule has 110 valence electrons. The topological polar surface area (TPSA) is 65.1 Å². The standard InChI is InChI=1S/C13H19ClN4O2/c1-3-6-17-11(4-5-15-17)13(19)12-10(14)9-16-18(12)7-8-20-2/h4-5,9,13,19H,3,6-8H2,1-2H3. The number of methoxy groups -OCH3 is 1. The molecule has 2 rings (SSSR count). The van der Waals surface area contributed by atoms with Crippen LogP contribution < -0.4 is 0 Å². The summed E-state index contributed by atoms with van der Waals surface area (Å²) in [6.07, 6.45) is 3.31. The van der Waals surface area contributed by atoms with Gasteiger partial charge in [0.2, 0.25) is 0 Å². The minimum Gasteiger partial charge on any atom is -0.383 e. The van der Waals surface area contributed by atoms with Crippen LogP contribution in [0.4, 0.5) is 0 Å². The van der Waals surface area contributed by atoms with Crippen molar-refractivity contribution in [1.82, 2.24) is 19.6 Å². The van der Waals surface area contributed by atoms with E-state index in [1.807, 2.05) is 0 Å². The van der Waals surface area contributed by atoms with E-state index in [1.165, 1.54) is 6.20 Å². The van der Waals surface area contributed by atoms with Crippen LogP contribution >= 0.6 is 11.6 Å². The number of hydrogen-bond donors (Lipinski definition) is 1. The molecule has 0 aliphatic heterocycles. The van der Waals surface area contributed by atoms with Crippen molar-refractivity contribution in [2.75, 3.05) is 13.7 Å². The Morgan fingerprint density at radius 1 is 1.35 bits per heavy atom. The normalized spacial score (nSPS) is 12.8. The molecule has 2 aromatic heterocycles. The van der Waals surface area contributed by atoms with Crippen LogP contribution in [0.15, 0.2) is 18.5 Å². The van der Waals surface area contributed by atoms with Crippen molar-refractivity contribution in [3.63, 3.8) is 0 Å². The SMILES string of the molecule is CCCn1nccc1C(O)c1c(Cl)cnn1CCOC. The summed E-state index contributed by atoms with van der Waals surface area (Å²) in [6.45, 7) is 3.86. The highest BCUT2D eigenvalue weighted by atomic mass is 35.5. The molecule has 0 fully saturated rings. The van der Waals surface area contributed by atoms with Crippen molar-refractivity contribution in [3.05, 3.63) is 34.9 Å². The molecule has 7 heteroatoms. The van der Waals surface area contributed by atoms with Gasteiger partial charge in [-0.25, -0.2) is 0 Å². The van der Waals surface area contributed by atoms with Gasteiger partial charge in [-0.05, 0) is 12.5 Å². The van der Waals surface area contributed by atoms with Crippen LogP contribution in [0.25, 0.3) is 0 Å². The average molecular weight is 299 g/mol. The second-order valence-corrected chi connectivity index (χ2v) is 4.88. The second-order valence-electron chi connectivity index (χ2n) is 4.48. The van der Waals surface area contributed by atoms with Gasteiger partial charge < -0.3 is 9.84 Å². The Morgan fingerprint density at radius 2 is 2.15 bits per heavy atom. The van der Waals surface area contributed by atoms with Gasteiger partial charge in [-0.15, -0.1) is 0 Å². The third-order valence-electron chi connectivity index (χ3n) is 3.06. The van der Waals surface area contributed by atoms with Crippen LogP contribution in [0.5, 0.6) is 0 Å². The first-order chi connectivity index (χ1) is 9.69. The third-order valence-corrected chi connectivity index (χ3v) is 3.36. The highest BCUT2D eigenvalue weighted by Crippen LogP contribution is 2.28. The van der Waals surface area contributed by atoms with Crippen molar-refractivity contribution < 1.29 is 9.84 Å². The van der Waals surface area contributed by atoms with Crippen LogP contribution in [0.1, 0.15) is 30.8 Å². The molecule has 0 saturated carbocycles. The molecule has 0 aromatic carbocycles. The molecular weight excluding hydrogens is 280 g/mol. The Bertz CT molecular complexity index is 552. The minimum atomic E-state index is -0.851. The molecule has 0 aliphatic carbocycles. The van der Waals surface area contributed by atoms with E-state index in [0.717, 1.165) is 13.0 Å². The molecule has 0 spiro atoms. The van der Waals surface area contributed by atoms with Crippen LogP contribution in [0, 0.1) is 0 Å². The Morgan fingerprint density at radius 3 is 2.85 bits per heavy atom. The number of halogens is 1. The molecule has 0 amide bonds. The lowest BCUT2D eigenvalue weighted by Crippen LogP contribution is -2.16. The third kappa shape index (κ3) is 3.03. The molecule has 0 radical (unpaired) electrons. The Balaban J connectivity index is 2.30. The highest BCUT2D eigenvalue weighted by molar-refractivity contribution is 6.31. The van der Waals surface area contributed by atoms with E-state index in [9.17, 15) is 5.11 Å². The summed E-state index contributed by atoms with van der Waals surface area (Å²) in [4.78, 5) is 0. The number of rotatable bonds is 7. The molecule has 1 N–H and O–H groups in total. The van der Waals surface area contributed by atoms with E-state index in [2.05, 4.69) is 17.1 Å². The zero-order valence-electron chi connectivity index (χ0n) is 11.7. The van der Waals surface area contributed by atoms with Crippen molar-refractivity contribution in [1.29, 1.82) is 0 Å². The van der Waals surface area contributed by atoms with Crippen LogP contribution in [0.2, 0.25) is 5.02 Å². The molecule has 20 heavy (non-hydrogen) atoms. The van der Waals surface area contributed by atoms with Gasteiger partial charge in [-0.2, -0.15) is 10.2 Å². The summed E-state index contributed by atoms with van der Waals surface area (Å²) in [6, 6.07) is 1.80. The van der Waals surface area contributed by atoms with Crippen molar-refractivity contribution in [2.45, 2.75) is 32.5 Å². The maximum atomic E-state index is 10.6. The summed E-state index contributed by atoms with van der Waals surface area (Å²) in [7, 11) is 1.62. The van der Waals surface area contributed by atoms with Gasteiger partial charge in [0.15, 0.2) is 0 Å². The summed E-state index contributed by atoms with van der Waals surface area (Å²) in [5, 5.41) is 19.4. The first-order valence-corrected chi connectivity index (χ1v) is 6.96. The molecule has 0 bridgehead atoms. The van der Waals surface area contributed by atoms with Gasteiger partial charge in [0.1, 0.15) is 6.10 Å². The monoisotopic (exact) mass is 298 g/mol. The van der Waals surface area contributed by atoms with E-state index in [0.29, 0.717) is 29.6 Å². The van der Waals surface area contributed by atoms with Crippen molar-refractivity contribution in [3.8, 4) is 0 Å². The maximum Gasteiger partial charge on any atom is 0.139 e. The Hall–Kier alpha value is -1.37. The Kier molecular flexibility index (Phi) is 5.17. The predicted octanol–water partition coefficient (Wildman–Crippen LogP) is 1.87. The molecule has 2 heterocycles. The van der Waals surface area contributed by atoms with Gasteiger partial charge >= 0.3 is 0 Å². The molecule has 6 nitrogen and oxygen atoms in total. The van der Waals surface area contributed by atoms with Gasteiger partial charge in [0.25, 0.3) is 0 Å². The van der Waals surface area contributed by atoms with Crippen LogP contribution in [0.3, 0.4) is 0 Å². The predicted molar refractivity (Wildman–Crippen MR) is 75.7 cm³/mol. The summed E-state index contributed by atoms with van der Waals surface area (Å²) >= 11 is 6.15. The van der Waals surface area contributed by atoms with E-state index in [-0.39, 0.29) is 0 Å². The van der Waals surface area contributed by atoms with E-state index >= 15 is 0 Å². The lowest BCUT2D eigenvalue weighted by atomic mass is 10.2. The summed E-state index contributed by atoms with van der Waals surface area (Å²) in [5.74, 6) is 0. The lowest BCUT2D eigenvalue weighted by Gasteiger charge is -2.15. The fourth-order valence-electron chi connectivity index (χ4n) is 2.11. The summed E-state index contributed by atoms with van der Waals surface area (Å²) in [5.41, 5.74) is 1.29. The van der Waals surface area contributed by atoms with Gasteiger partial charge in [-0.1, -0.05) is 18.5 Å². The first kappa shape index (κ1) is 15.0. The van der Waals surface area contributed by atoms with Gasteiger partial charge in [0, 0.05) is 19.9 Å². The largest absolute Gasteiger partial charge is 0.383 e. The molecule has 0 saturated heterocycles. The van der Waals surface area contributed by atoms with Gasteiger partial charge in [0.05, 0.1) is 35.8 Å². The molecule has 1 atom stereocenters. The zero-order chi connectivity index (χ0) is 14.5. The number of hydrogen-bond acceptors (Lipinski definition) is 4. The van der Waals surface area contributed by atoms with E-state index in [4.69, 9.17) is 16.3 Å². The zero-order valence-corrected chi connectivity index (χ0v) is 12.4. The second kappa shape index (κ2) is 6.88. The maximum absolute atomic E-state index is 10.6. The van der Waals surface area contributed by atoms with Gasteiger partial charge in [-0.3, -0.25) is 9.36 Å². The molecule has 2 aromatic rings. The lowest BCUT2D eigenvalue weighted by molar-refractivity contribution is 0.168. The molecular formula is C13H19ClN4O2. The highest BCUT2D eigenvalue weighted by Gasteiger charge is 2.22. The van der Waals surface area contributed by atoms with Crippen LogP contribution in [-0.4, -0.2) is 38.4 Å². The fraction of sp³-hybridized carbons (Fsp3) is 0.538. The summed E-state index contributed by atoms with van der Waals surface area (Å²) < 4.78 is 8.49. The van der Waals surface area contributed by atoms with Crippen molar-refractivity contribution >= 4 is 11.6 Å². The molecule has 0 aliphatic rings. The number of aryl methyl sites for hydroxylation is 1. The van der Waals surface area contributed by atoms with Crippen molar-refractivity contribution in [2.24, 2.45) is 0 Å². The number of aromatic nitrogens is 4. The number of ether oxygens (including phenoxy) is 1. The molecule has 1 unspecified atom stereocenters. The van der Waals surface area contributed by atoms with Crippen LogP contribution in [-0.2, 0) is 17.8 Å². The number of aliphatic hydroxyl groups is 1. The average Bonchev–Trinajstić information content (AvgIpc) is 3.03. The van der Waals surface area contributed by atoms with E-state index < -0.39 is 6.10 Å². The quantitative estimate of drug-likeness (QED) is 0.847. The first-order valence-electron chi connectivity index (χ1n) is 6.59. The fourth-order valence-corrected chi connectivity index (χ4v) is 2.36.